The molecule has 0 aromatic heterocycles. The van der Waals surface area contributed by atoms with E-state index in [9.17, 15) is 18.3 Å². The second-order valence-electron chi connectivity index (χ2n) is 4.39. The van der Waals surface area contributed by atoms with Crippen molar-refractivity contribution in [1.29, 1.82) is 0 Å². The molecule has 0 bridgehead atoms. The molecule has 0 amide bonds. The number of nitrogens with two attached hydrogens (primary N) is 1. The molecule has 0 aliphatic carbocycles. The first-order valence-electron chi connectivity index (χ1n) is 5.75. The predicted octanol–water partition coefficient (Wildman–Crippen LogP) is 1.74. The van der Waals surface area contributed by atoms with E-state index in [1.807, 2.05) is 0 Å². The lowest BCUT2D eigenvalue weighted by Gasteiger charge is -2.23. The molecule has 0 spiro atoms. The van der Waals surface area contributed by atoms with Gasteiger partial charge in [-0.05, 0) is 18.6 Å². The zero-order valence-corrected chi connectivity index (χ0v) is 9.74. The Morgan fingerprint density at radius 1 is 1.39 bits per heavy atom. The number of β-amino-alcohol motifs (C(OH)–C–C–N with tert-alkyl or cyclic N) is 1. The molecule has 1 unspecified atom stereocenters. The Morgan fingerprint density at radius 2 is 2.11 bits per heavy atom. The van der Waals surface area contributed by atoms with Crippen molar-refractivity contribution in [3.05, 3.63) is 29.3 Å². The van der Waals surface area contributed by atoms with Gasteiger partial charge in [-0.15, -0.1) is 0 Å². The van der Waals surface area contributed by atoms with E-state index in [2.05, 4.69) is 0 Å². The number of anilines is 1. The average Bonchev–Trinajstić information content (AvgIpc) is 2.73. The van der Waals surface area contributed by atoms with Crippen LogP contribution in [-0.4, -0.2) is 24.3 Å². The zero-order chi connectivity index (χ0) is 13.3. The van der Waals surface area contributed by atoms with Gasteiger partial charge in [0.1, 0.15) is 0 Å². The quantitative estimate of drug-likeness (QED) is 0.851. The SMILES string of the molecule is NCc1c(N2CCC(O)C2)cccc1C(F)(F)F. The molecule has 1 aliphatic rings. The van der Waals surface area contributed by atoms with Gasteiger partial charge < -0.3 is 15.7 Å². The first kappa shape index (κ1) is 13.2. The minimum atomic E-state index is -4.40. The van der Waals surface area contributed by atoms with Crippen molar-refractivity contribution in [2.75, 3.05) is 18.0 Å². The van der Waals surface area contributed by atoms with E-state index in [-0.39, 0.29) is 12.1 Å². The Kier molecular flexibility index (Phi) is 3.49. The van der Waals surface area contributed by atoms with Crippen molar-refractivity contribution in [3.63, 3.8) is 0 Å². The Morgan fingerprint density at radius 3 is 2.61 bits per heavy atom. The number of aliphatic hydroxyl groups is 1. The van der Waals surface area contributed by atoms with Crippen molar-refractivity contribution >= 4 is 5.69 Å². The minimum absolute atomic E-state index is 0.0964. The van der Waals surface area contributed by atoms with Gasteiger partial charge in [-0.3, -0.25) is 0 Å². The molecule has 1 saturated heterocycles. The van der Waals surface area contributed by atoms with Crippen molar-refractivity contribution in [2.24, 2.45) is 5.73 Å². The maximum absolute atomic E-state index is 12.9. The summed E-state index contributed by atoms with van der Waals surface area (Å²) in [6.07, 6.45) is -4.31. The third-order valence-corrected chi connectivity index (χ3v) is 3.16. The smallest absolute Gasteiger partial charge is 0.391 e. The van der Waals surface area contributed by atoms with Crippen LogP contribution in [0.1, 0.15) is 17.5 Å². The maximum atomic E-state index is 12.9. The first-order chi connectivity index (χ1) is 8.43. The van der Waals surface area contributed by atoms with Crippen LogP contribution in [0, 0.1) is 0 Å². The van der Waals surface area contributed by atoms with Gasteiger partial charge in [-0.25, -0.2) is 0 Å². The Hall–Kier alpha value is -1.27. The summed E-state index contributed by atoms with van der Waals surface area (Å²) in [5.41, 5.74) is 5.34. The molecule has 1 aromatic rings. The molecule has 0 radical (unpaired) electrons. The van der Waals surface area contributed by atoms with Crippen LogP contribution in [0.5, 0.6) is 0 Å². The van der Waals surface area contributed by atoms with Gasteiger partial charge in [0.15, 0.2) is 0 Å². The summed E-state index contributed by atoms with van der Waals surface area (Å²) in [6, 6.07) is 4.04. The maximum Gasteiger partial charge on any atom is 0.416 e. The molecule has 1 heterocycles. The molecule has 1 aromatic carbocycles. The Labute approximate surface area is 103 Å². The van der Waals surface area contributed by atoms with E-state index >= 15 is 0 Å². The lowest BCUT2D eigenvalue weighted by Crippen LogP contribution is -2.24. The number of alkyl halides is 3. The van der Waals surface area contributed by atoms with Crippen LogP contribution in [0.2, 0.25) is 0 Å². The summed E-state index contributed by atoms with van der Waals surface area (Å²) >= 11 is 0. The molecule has 1 aliphatic heterocycles. The topological polar surface area (TPSA) is 49.5 Å². The molecular weight excluding hydrogens is 245 g/mol. The monoisotopic (exact) mass is 260 g/mol. The molecule has 3 N–H and O–H groups in total. The van der Waals surface area contributed by atoms with Crippen LogP contribution in [0.4, 0.5) is 18.9 Å². The molecule has 100 valence electrons. The first-order valence-corrected chi connectivity index (χ1v) is 5.75. The number of halogens is 3. The van der Waals surface area contributed by atoms with Crippen LogP contribution >= 0.6 is 0 Å². The highest BCUT2D eigenvalue weighted by atomic mass is 19.4. The van der Waals surface area contributed by atoms with E-state index in [1.165, 1.54) is 6.07 Å². The Balaban J connectivity index is 2.42. The van der Waals surface area contributed by atoms with E-state index in [1.54, 1.807) is 11.0 Å². The van der Waals surface area contributed by atoms with Crippen molar-refractivity contribution in [2.45, 2.75) is 25.2 Å². The van der Waals surface area contributed by atoms with Gasteiger partial charge in [0.05, 0.1) is 11.7 Å². The molecule has 1 atom stereocenters. The van der Waals surface area contributed by atoms with Crippen molar-refractivity contribution in [3.8, 4) is 0 Å². The molecule has 6 heteroatoms. The summed E-state index contributed by atoms with van der Waals surface area (Å²) in [5.74, 6) is 0. The number of nitrogens with zero attached hydrogens (tertiary/aromatic N) is 1. The number of hydrogen-bond acceptors (Lipinski definition) is 3. The van der Waals surface area contributed by atoms with Gasteiger partial charge >= 0.3 is 6.18 Å². The van der Waals surface area contributed by atoms with Gasteiger partial charge in [-0.1, -0.05) is 6.07 Å². The van der Waals surface area contributed by atoms with Crippen LogP contribution in [-0.2, 0) is 12.7 Å². The van der Waals surface area contributed by atoms with Crippen LogP contribution in [0.25, 0.3) is 0 Å². The highest BCUT2D eigenvalue weighted by Crippen LogP contribution is 2.36. The van der Waals surface area contributed by atoms with Crippen molar-refractivity contribution in [1.82, 2.24) is 0 Å². The Bertz CT molecular complexity index is 434. The number of rotatable bonds is 2. The largest absolute Gasteiger partial charge is 0.416 e. The summed E-state index contributed by atoms with van der Waals surface area (Å²) in [6.45, 7) is 0.737. The van der Waals surface area contributed by atoms with E-state index < -0.39 is 17.8 Å². The summed E-state index contributed by atoms with van der Waals surface area (Å²) in [5, 5.41) is 9.46. The van der Waals surface area contributed by atoms with Gasteiger partial charge in [-0.2, -0.15) is 13.2 Å². The lowest BCUT2D eigenvalue weighted by atomic mass is 10.0. The molecule has 1 fully saturated rings. The third-order valence-electron chi connectivity index (χ3n) is 3.16. The van der Waals surface area contributed by atoms with Crippen LogP contribution in [0.3, 0.4) is 0 Å². The number of benzene rings is 1. The second-order valence-corrected chi connectivity index (χ2v) is 4.39. The summed E-state index contributed by atoms with van der Waals surface area (Å²) < 4.78 is 38.6. The highest BCUT2D eigenvalue weighted by molar-refractivity contribution is 5.58. The van der Waals surface area contributed by atoms with Gasteiger partial charge in [0.25, 0.3) is 0 Å². The average molecular weight is 260 g/mol. The zero-order valence-electron chi connectivity index (χ0n) is 9.74. The predicted molar refractivity (Wildman–Crippen MR) is 62.2 cm³/mol. The molecular formula is C12H15F3N2O. The number of aliphatic hydroxyl groups excluding tert-OH is 1. The van der Waals surface area contributed by atoms with Crippen LogP contribution in [0.15, 0.2) is 18.2 Å². The fourth-order valence-electron chi connectivity index (χ4n) is 2.31. The fourth-order valence-corrected chi connectivity index (χ4v) is 2.31. The molecule has 0 saturated carbocycles. The van der Waals surface area contributed by atoms with Crippen LogP contribution < -0.4 is 10.6 Å². The number of hydrogen-bond donors (Lipinski definition) is 2. The normalized spacial score (nSPS) is 20.5. The van der Waals surface area contributed by atoms with Gasteiger partial charge in [0.2, 0.25) is 0 Å². The fraction of sp³-hybridized carbons (Fsp3) is 0.500. The van der Waals surface area contributed by atoms with Gasteiger partial charge in [0, 0.05) is 30.9 Å². The summed E-state index contributed by atoms with van der Waals surface area (Å²) in [4.78, 5) is 1.75. The highest BCUT2D eigenvalue weighted by Gasteiger charge is 2.35. The second kappa shape index (κ2) is 4.78. The van der Waals surface area contributed by atoms with E-state index in [0.29, 0.717) is 25.2 Å². The lowest BCUT2D eigenvalue weighted by molar-refractivity contribution is -0.138. The molecule has 2 rings (SSSR count). The van der Waals surface area contributed by atoms with E-state index in [0.717, 1.165) is 6.07 Å². The van der Waals surface area contributed by atoms with Crippen molar-refractivity contribution < 1.29 is 18.3 Å². The third kappa shape index (κ3) is 2.44. The molecule has 3 nitrogen and oxygen atoms in total. The summed E-state index contributed by atoms with van der Waals surface area (Å²) in [7, 11) is 0. The minimum Gasteiger partial charge on any atom is -0.391 e. The standard InChI is InChI=1S/C12H15F3N2O/c13-12(14,15)10-2-1-3-11(9(10)6-16)17-5-4-8(18)7-17/h1-3,8,18H,4-7,16H2. The van der Waals surface area contributed by atoms with E-state index in [4.69, 9.17) is 5.73 Å². The molecule has 18 heavy (non-hydrogen) atoms.